The summed E-state index contributed by atoms with van der Waals surface area (Å²) >= 11 is 0. The summed E-state index contributed by atoms with van der Waals surface area (Å²) in [6, 6.07) is 15.7. The summed E-state index contributed by atoms with van der Waals surface area (Å²) in [5.74, 6) is 0.546. The first-order valence-corrected chi connectivity index (χ1v) is 7.18. The van der Waals surface area contributed by atoms with E-state index in [-0.39, 0.29) is 10.6 Å². The molecular weight excluding hydrogens is 248 g/mol. The molecule has 0 aliphatic rings. The molecule has 0 aromatic heterocycles. The minimum Gasteiger partial charge on any atom is -0.497 e. The first-order valence-electron chi connectivity index (χ1n) is 5.52. The third kappa shape index (κ3) is 2.90. The van der Waals surface area contributed by atoms with Crippen molar-refractivity contribution in [2.24, 2.45) is 0 Å². The molecule has 0 aliphatic carbocycles. The molecule has 0 bridgehead atoms. The Labute approximate surface area is 107 Å². The monoisotopic (exact) mass is 262 g/mol. The van der Waals surface area contributed by atoms with Crippen LogP contribution in [0.25, 0.3) is 0 Å². The molecule has 0 atom stereocenters. The number of hydrogen-bond donors (Lipinski definition) is 0. The molecule has 0 N–H and O–H groups in total. The largest absolute Gasteiger partial charge is 0.497 e. The number of sulfone groups is 1. The topological polar surface area (TPSA) is 43.4 Å². The number of benzene rings is 2. The van der Waals surface area contributed by atoms with Crippen LogP contribution in [0.15, 0.2) is 59.5 Å². The quantitative estimate of drug-likeness (QED) is 0.850. The van der Waals surface area contributed by atoms with Crippen LogP contribution in [0.4, 0.5) is 0 Å². The van der Waals surface area contributed by atoms with E-state index in [1.165, 1.54) is 13.2 Å². The molecular formula is C14H14O3S. The Hall–Kier alpha value is -1.81. The highest BCUT2D eigenvalue weighted by Crippen LogP contribution is 2.20. The molecule has 0 heterocycles. The van der Waals surface area contributed by atoms with Crippen LogP contribution in [0.1, 0.15) is 5.56 Å². The second-order valence-electron chi connectivity index (χ2n) is 3.92. The van der Waals surface area contributed by atoms with Crippen molar-refractivity contribution in [2.45, 2.75) is 10.6 Å². The summed E-state index contributed by atoms with van der Waals surface area (Å²) in [7, 11) is -1.81. The zero-order valence-corrected chi connectivity index (χ0v) is 10.9. The highest BCUT2D eigenvalue weighted by Gasteiger charge is 2.15. The Morgan fingerprint density at radius 2 is 1.72 bits per heavy atom. The first kappa shape index (κ1) is 12.6. The number of ether oxygens (including phenoxy) is 1. The van der Waals surface area contributed by atoms with E-state index < -0.39 is 9.84 Å². The van der Waals surface area contributed by atoms with Gasteiger partial charge >= 0.3 is 0 Å². The third-order valence-electron chi connectivity index (χ3n) is 2.60. The molecule has 18 heavy (non-hydrogen) atoms. The first-order chi connectivity index (χ1) is 8.62. The lowest BCUT2D eigenvalue weighted by molar-refractivity contribution is 0.413. The third-order valence-corrected chi connectivity index (χ3v) is 4.29. The number of hydrogen-bond acceptors (Lipinski definition) is 3. The Morgan fingerprint density at radius 3 is 2.39 bits per heavy atom. The highest BCUT2D eigenvalue weighted by atomic mass is 32.2. The van der Waals surface area contributed by atoms with Gasteiger partial charge in [-0.25, -0.2) is 8.42 Å². The second-order valence-corrected chi connectivity index (χ2v) is 5.91. The Bertz CT molecular complexity index is 618. The molecule has 0 saturated heterocycles. The van der Waals surface area contributed by atoms with Crippen LogP contribution in [-0.4, -0.2) is 15.5 Å². The Morgan fingerprint density at radius 1 is 1.00 bits per heavy atom. The molecule has 2 aromatic carbocycles. The van der Waals surface area contributed by atoms with Gasteiger partial charge in [-0.1, -0.05) is 36.4 Å². The van der Waals surface area contributed by atoms with Gasteiger partial charge in [-0.15, -0.1) is 0 Å². The fourth-order valence-corrected chi connectivity index (χ4v) is 3.05. The average Bonchev–Trinajstić information content (AvgIpc) is 2.39. The van der Waals surface area contributed by atoms with Gasteiger partial charge in [-0.3, -0.25) is 0 Å². The van der Waals surface area contributed by atoms with Crippen molar-refractivity contribution in [3.8, 4) is 5.75 Å². The predicted octanol–water partition coefficient (Wildman–Crippen LogP) is 2.67. The molecule has 0 fully saturated rings. The van der Waals surface area contributed by atoms with E-state index in [9.17, 15) is 8.42 Å². The van der Waals surface area contributed by atoms with Crippen molar-refractivity contribution in [2.75, 3.05) is 7.11 Å². The van der Waals surface area contributed by atoms with E-state index in [0.717, 1.165) is 5.56 Å². The van der Waals surface area contributed by atoms with Crippen LogP contribution >= 0.6 is 0 Å². The van der Waals surface area contributed by atoms with Crippen molar-refractivity contribution < 1.29 is 13.2 Å². The maximum absolute atomic E-state index is 12.2. The van der Waals surface area contributed by atoms with Gasteiger partial charge in [0.25, 0.3) is 0 Å². The molecule has 0 spiro atoms. The van der Waals surface area contributed by atoms with Gasteiger partial charge in [0.15, 0.2) is 9.84 Å². The lowest BCUT2D eigenvalue weighted by atomic mass is 10.2. The molecule has 0 amide bonds. The van der Waals surface area contributed by atoms with Crippen LogP contribution < -0.4 is 4.74 Å². The SMILES string of the molecule is COc1cccc(S(=O)(=O)Cc2ccccc2)c1. The second kappa shape index (κ2) is 5.23. The van der Waals surface area contributed by atoms with Crippen LogP contribution in [0.2, 0.25) is 0 Å². The molecule has 2 aromatic rings. The maximum atomic E-state index is 12.2. The molecule has 0 radical (unpaired) electrons. The van der Waals surface area contributed by atoms with Crippen LogP contribution in [-0.2, 0) is 15.6 Å². The van der Waals surface area contributed by atoms with Crippen LogP contribution in [0, 0.1) is 0 Å². The van der Waals surface area contributed by atoms with Crippen molar-refractivity contribution >= 4 is 9.84 Å². The zero-order chi connectivity index (χ0) is 13.0. The van der Waals surface area contributed by atoms with Crippen molar-refractivity contribution in [1.82, 2.24) is 0 Å². The Kier molecular flexibility index (Phi) is 3.67. The minimum absolute atomic E-state index is 0.001000. The van der Waals surface area contributed by atoms with E-state index in [4.69, 9.17) is 4.74 Å². The maximum Gasteiger partial charge on any atom is 0.182 e. The van der Waals surface area contributed by atoms with E-state index in [2.05, 4.69) is 0 Å². The van der Waals surface area contributed by atoms with Gasteiger partial charge in [0.2, 0.25) is 0 Å². The van der Waals surface area contributed by atoms with E-state index in [1.54, 1.807) is 30.3 Å². The van der Waals surface area contributed by atoms with Gasteiger partial charge in [0.1, 0.15) is 5.75 Å². The minimum atomic E-state index is -3.33. The fourth-order valence-electron chi connectivity index (χ4n) is 1.67. The lowest BCUT2D eigenvalue weighted by Crippen LogP contribution is -2.05. The van der Waals surface area contributed by atoms with Crippen molar-refractivity contribution in [3.05, 3.63) is 60.2 Å². The molecule has 4 heteroatoms. The Balaban J connectivity index is 2.31. The normalized spacial score (nSPS) is 11.2. The van der Waals surface area contributed by atoms with Gasteiger partial charge in [-0.05, 0) is 23.8 Å². The van der Waals surface area contributed by atoms with Crippen molar-refractivity contribution in [3.63, 3.8) is 0 Å². The predicted molar refractivity (Wildman–Crippen MR) is 70.3 cm³/mol. The summed E-state index contributed by atoms with van der Waals surface area (Å²) in [5.41, 5.74) is 0.778. The van der Waals surface area contributed by atoms with E-state index in [0.29, 0.717) is 5.75 Å². The van der Waals surface area contributed by atoms with Gasteiger partial charge in [0, 0.05) is 0 Å². The summed E-state index contributed by atoms with van der Waals surface area (Å²) < 4.78 is 29.5. The molecule has 0 aliphatic heterocycles. The fraction of sp³-hybridized carbons (Fsp3) is 0.143. The van der Waals surface area contributed by atoms with Gasteiger partial charge in [-0.2, -0.15) is 0 Å². The van der Waals surface area contributed by atoms with Gasteiger partial charge in [0.05, 0.1) is 17.8 Å². The standard InChI is InChI=1S/C14H14O3S/c1-17-13-8-5-9-14(10-13)18(15,16)11-12-6-3-2-4-7-12/h2-10H,11H2,1H3. The summed E-state index contributed by atoms with van der Waals surface area (Å²) in [4.78, 5) is 0.283. The number of rotatable bonds is 4. The van der Waals surface area contributed by atoms with E-state index >= 15 is 0 Å². The molecule has 0 unspecified atom stereocenters. The molecule has 0 saturated carbocycles. The highest BCUT2D eigenvalue weighted by molar-refractivity contribution is 7.90. The summed E-state index contributed by atoms with van der Waals surface area (Å²) in [6.07, 6.45) is 0. The average molecular weight is 262 g/mol. The molecule has 94 valence electrons. The zero-order valence-electron chi connectivity index (χ0n) is 10.0. The summed E-state index contributed by atoms with van der Waals surface area (Å²) in [5, 5.41) is 0. The lowest BCUT2D eigenvalue weighted by Gasteiger charge is -2.06. The number of methoxy groups -OCH3 is 1. The van der Waals surface area contributed by atoms with Crippen LogP contribution in [0.5, 0.6) is 5.75 Å². The summed E-state index contributed by atoms with van der Waals surface area (Å²) in [6.45, 7) is 0. The molecule has 2 rings (SSSR count). The van der Waals surface area contributed by atoms with Crippen LogP contribution in [0.3, 0.4) is 0 Å². The van der Waals surface area contributed by atoms with Gasteiger partial charge < -0.3 is 4.74 Å². The van der Waals surface area contributed by atoms with Crippen molar-refractivity contribution in [1.29, 1.82) is 0 Å². The molecule has 3 nitrogen and oxygen atoms in total. The smallest absolute Gasteiger partial charge is 0.182 e. The van der Waals surface area contributed by atoms with E-state index in [1.807, 2.05) is 18.2 Å².